The number of hydrogen-bond acceptors (Lipinski definition) is 3. The summed E-state index contributed by atoms with van der Waals surface area (Å²) in [5.41, 5.74) is 1.80. The van der Waals surface area contributed by atoms with Gasteiger partial charge in [-0.25, -0.2) is 0 Å². The number of Topliss-reactive ketones (excluding diaryl/α,β-unsaturated/α-hetero) is 1. The van der Waals surface area contributed by atoms with E-state index >= 15 is 0 Å². The van der Waals surface area contributed by atoms with Crippen molar-refractivity contribution < 1.29 is 4.79 Å². The Morgan fingerprint density at radius 3 is 2.75 bits per heavy atom. The van der Waals surface area contributed by atoms with E-state index < -0.39 is 0 Å². The van der Waals surface area contributed by atoms with Crippen molar-refractivity contribution in [3.05, 3.63) is 42.1 Å². The number of nitrogens with one attached hydrogen (secondary N) is 1. The molecule has 3 heterocycles. The average Bonchev–Trinajstić information content (AvgIpc) is 2.84. The molecule has 2 aliphatic heterocycles. The molecule has 2 aliphatic rings. The Morgan fingerprint density at radius 1 is 1.15 bits per heavy atom. The first-order valence-corrected chi connectivity index (χ1v) is 7.44. The average molecular weight is 266 g/mol. The van der Waals surface area contributed by atoms with E-state index in [9.17, 15) is 4.79 Å². The quantitative estimate of drug-likeness (QED) is 0.850. The van der Waals surface area contributed by atoms with Crippen LogP contribution in [-0.4, -0.2) is 22.9 Å². The van der Waals surface area contributed by atoms with Gasteiger partial charge in [0, 0.05) is 35.1 Å². The summed E-state index contributed by atoms with van der Waals surface area (Å²) in [6, 6.07) is 10.9. The second-order valence-electron chi connectivity index (χ2n) is 6.08. The molecule has 2 atom stereocenters. The fourth-order valence-electron chi connectivity index (χ4n) is 3.74. The number of ketones is 1. The second-order valence-corrected chi connectivity index (χ2v) is 6.08. The van der Waals surface area contributed by atoms with Crippen LogP contribution in [0.2, 0.25) is 0 Å². The highest BCUT2D eigenvalue weighted by Crippen LogP contribution is 2.33. The molecule has 2 saturated heterocycles. The van der Waals surface area contributed by atoms with Crippen molar-refractivity contribution in [2.24, 2.45) is 5.92 Å². The summed E-state index contributed by atoms with van der Waals surface area (Å²) < 4.78 is 0. The van der Waals surface area contributed by atoms with Gasteiger partial charge >= 0.3 is 0 Å². The van der Waals surface area contributed by atoms with E-state index in [1.165, 1.54) is 12.8 Å². The van der Waals surface area contributed by atoms with E-state index in [1.807, 2.05) is 30.3 Å². The highest BCUT2D eigenvalue weighted by molar-refractivity contribution is 6.00. The predicted molar refractivity (Wildman–Crippen MR) is 78.7 cm³/mol. The van der Waals surface area contributed by atoms with Crippen molar-refractivity contribution in [3.63, 3.8) is 0 Å². The second kappa shape index (κ2) is 4.67. The molecule has 0 amide bonds. The van der Waals surface area contributed by atoms with Gasteiger partial charge in [0.2, 0.25) is 0 Å². The number of carbonyl (C=O) groups is 1. The molecule has 2 unspecified atom stereocenters. The summed E-state index contributed by atoms with van der Waals surface area (Å²) in [4.78, 5) is 17.0. The first-order chi connectivity index (χ1) is 9.79. The highest BCUT2D eigenvalue weighted by atomic mass is 16.1. The maximum absolute atomic E-state index is 12.7. The Hall–Kier alpha value is -1.74. The van der Waals surface area contributed by atoms with E-state index in [4.69, 9.17) is 0 Å². The standard InChI is InChI=1S/C17H18N2O/c20-17(13-9-14-4-5-15(10-13)19-14)12-3-6-16-11(8-12)2-1-7-18-16/h1-3,6-8,13-15,19H,4-5,9-10H2. The van der Waals surface area contributed by atoms with Gasteiger partial charge in [-0.2, -0.15) is 0 Å². The first kappa shape index (κ1) is 12.0. The molecule has 0 radical (unpaired) electrons. The number of pyridine rings is 1. The zero-order valence-electron chi connectivity index (χ0n) is 11.4. The Bertz CT molecular complexity index is 655. The molecule has 1 aromatic carbocycles. The lowest BCUT2D eigenvalue weighted by Crippen LogP contribution is -2.40. The van der Waals surface area contributed by atoms with Gasteiger partial charge in [0.1, 0.15) is 0 Å². The van der Waals surface area contributed by atoms with E-state index in [-0.39, 0.29) is 5.92 Å². The lowest BCUT2D eigenvalue weighted by atomic mass is 9.85. The fraction of sp³-hybridized carbons (Fsp3) is 0.412. The SMILES string of the molecule is O=C(c1ccc2ncccc2c1)C1CC2CCC(C1)N2. The number of nitrogens with zero attached hydrogens (tertiary/aromatic N) is 1. The molecule has 4 rings (SSSR count). The van der Waals surface area contributed by atoms with Crippen molar-refractivity contribution in [1.82, 2.24) is 10.3 Å². The third kappa shape index (κ3) is 2.02. The molecule has 2 aromatic rings. The molecule has 3 nitrogen and oxygen atoms in total. The molecule has 0 aliphatic carbocycles. The van der Waals surface area contributed by atoms with Crippen LogP contribution >= 0.6 is 0 Å². The van der Waals surface area contributed by atoms with Crippen LogP contribution in [0.5, 0.6) is 0 Å². The molecule has 2 fully saturated rings. The number of rotatable bonds is 2. The van der Waals surface area contributed by atoms with Crippen LogP contribution in [0.15, 0.2) is 36.5 Å². The summed E-state index contributed by atoms with van der Waals surface area (Å²) in [5, 5.41) is 4.65. The van der Waals surface area contributed by atoms with Gasteiger partial charge in [-0.1, -0.05) is 6.07 Å². The van der Waals surface area contributed by atoms with Crippen molar-refractivity contribution in [2.75, 3.05) is 0 Å². The molecule has 102 valence electrons. The van der Waals surface area contributed by atoms with Crippen molar-refractivity contribution in [2.45, 2.75) is 37.8 Å². The number of piperidine rings is 1. The van der Waals surface area contributed by atoms with Gasteiger partial charge in [-0.15, -0.1) is 0 Å². The minimum atomic E-state index is 0.197. The van der Waals surface area contributed by atoms with Crippen molar-refractivity contribution in [1.29, 1.82) is 0 Å². The van der Waals surface area contributed by atoms with Crippen LogP contribution in [0.25, 0.3) is 10.9 Å². The first-order valence-electron chi connectivity index (χ1n) is 7.44. The maximum atomic E-state index is 12.7. The van der Waals surface area contributed by atoms with Crippen LogP contribution in [0.3, 0.4) is 0 Å². The van der Waals surface area contributed by atoms with Crippen molar-refractivity contribution in [3.8, 4) is 0 Å². The van der Waals surface area contributed by atoms with E-state index in [1.54, 1.807) is 6.20 Å². The summed E-state index contributed by atoms with van der Waals surface area (Å²) >= 11 is 0. The van der Waals surface area contributed by atoms with Crippen molar-refractivity contribution >= 4 is 16.7 Å². The van der Waals surface area contributed by atoms with Crippen LogP contribution in [-0.2, 0) is 0 Å². The predicted octanol–water partition coefficient (Wildman–Crippen LogP) is 2.95. The summed E-state index contributed by atoms with van der Waals surface area (Å²) in [6.45, 7) is 0. The summed E-state index contributed by atoms with van der Waals surface area (Å²) in [7, 11) is 0. The Balaban J connectivity index is 1.63. The fourth-order valence-corrected chi connectivity index (χ4v) is 3.74. The molecule has 2 bridgehead atoms. The number of benzene rings is 1. The topological polar surface area (TPSA) is 42.0 Å². The third-order valence-corrected chi connectivity index (χ3v) is 4.73. The molecule has 20 heavy (non-hydrogen) atoms. The largest absolute Gasteiger partial charge is 0.311 e. The zero-order valence-corrected chi connectivity index (χ0v) is 11.4. The maximum Gasteiger partial charge on any atom is 0.166 e. The van der Waals surface area contributed by atoms with Gasteiger partial charge in [0.15, 0.2) is 5.78 Å². The summed E-state index contributed by atoms with van der Waals surface area (Å²) in [5.74, 6) is 0.511. The third-order valence-electron chi connectivity index (χ3n) is 4.73. The number of aromatic nitrogens is 1. The van der Waals surface area contributed by atoms with Crippen LogP contribution in [0.1, 0.15) is 36.0 Å². The Morgan fingerprint density at radius 2 is 1.95 bits per heavy atom. The number of fused-ring (bicyclic) bond motifs is 3. The van der Waals surface area contributed by atoms with Gasteiger partial charge in [0.25, 0.3) is 0 Å². The lowest BCUT2D eigenvalue weighted by molar-refractivity contribution is 0.0876. The molecule has 1 aromatic heterocycles. The Kier molecular flexibility index (Phi) is 2.81. The smallest absolute Gasteiger partial charge is 0.166 e. The molecule has 3 heteroatoms. The van der Waals surface area contributed by atoms with Crippen LogP contribution < -0.4 is 5.32 Å². The molecule has 0 saturated carbocycles. The van der Waals surface area contributed by atoms with Crippen LogP contribution in [0.4, 0.5) is 0 Å². The van der Waals surface area contributed by atoms with E-state index in [0.717, 1.165) is 29.3 Å². The molecular weight excluding hydrogens is 248 g/mol. The zero-order chi connectivity index (χ0) is 13.5. The highest BCUT2D eigenvalue weighted by Gasteiger charge is 2.36. The lowest BCUT2D eigenvalue weighted by Gasteiger charge is -2.28. The summed E-state index contributed by atoms with van der Waals surface area (Å²) in [6.07, 6.45) is 6.25. The van der Waals surface area contributed by atoms with Gasteiger partial charge in [-0.05, 0) is 49.9 Å². The van der Waals surface area contributed by atoms with Gasteiger partial charge < -0.3 is 5.32 Å². The minimum Gasteiger partial charge on any atom is -0.311 e. The van der Waals surface area contributed by atoms with E-state index in [0.29, 0.717) is 17.9 Å². The van der Waals surface area contributed by atoms with Gasteiger partial charge in [-0.3, -0.25) is 9.78 Å². The molecule has 0 spiro atoms. The monoisotopic (exact) mass is 266 g/mol. The van der Waals surface area contributed by atoms with Crippen LogP contribution in [0, 0.1) is 5.92 Å². The molecular formula is C17H18N2O. The number of carbonyl (C=O) groups excluding carboxylic acids is 1. The number of hydrogen-bond donors (Lipinski definition) is 1. The minimum absolute atomic E-state index is 0.197. The van der Waals surface area contributed by atoms with Gasteiger partial charge in [0.05, 0.1) is 5.52 Å². The normalized spacial score (nSPS) is 28.7. The van der Waals surface area contributed by atoms with E-state index in [2.05, 4.69) is 10.3 Å². The molecule has 1 N–H and O–H groups in total. The Labute approximate surface area is 118 Å².